The summed E-state index contributed by atoms with van der Waals surface area (Å²) in [4.78, 5) is 37.5. The summed E-state index contributed by atoms with van der Waals surface area (Å²) in [5.74, 6) is 0.522. The number of carbonyl (C=O) groups excluding carboxylic acids is 2. The molecule has 160 valence electrons. The van der Waals surface area contributed by atoms with Crippen LogP contribution < -0.4 is 5.32 Å². The summed E-state index contributed by atoms with van der Waals surface area (Å²) in [6.45, 7) is 4.63. The average molecular weight is 430 g/mol. The van der Waals surface area contributed by atoms with Gasteiger partial charge in [-0.05, 0) is 24.5 Å². The summed E-state index contributed by atoms with van der Waals surface area (Å²) in [5.41, 5.74) is 1.92. The van der Waals surface area contributed by atoms with E-state index in [2.05, 4.69) is 5.32 Å². The molecule has 2 amide bonds. The fourth-order valence-corrected chi connectivity index (χ4v) is 3.92. The van der Waals surface area contributed by atoms with E-state index < -0.39 is 11.0 Å². The van der Waals surface area contributed by atoms with E-state index in [-0.39, 0.29) is 23.3 Å². The zero-order valence-corrected chi connectivity index (χ0v) is 18.1. The Balaban J connectivity index is 2.05. The van der Waals surface area contributed by atoms with Gasteiger partial charge in [-0.1, -0.05) is 49.4 Å². The molecule has 0 heterocycles. The average Bonchev–Trinajstić information content (AvgIpc) is 2.74. The summed E-state index contributed by atoms with van der Waals surface area (Å²) in [5, 5.41) is 13.6. The Morgan fingerprint density at radius 3 is 2.30 bits per heavy atom. The summed E-state index contributed by atoms with van der Waals surface area (Å²) in [6, 6.07) is 15.4. The highest BCUT2D eigenvalue weighted by Crippen LogP contribution is 2.19. The molecule has 2 rings (SSSR count). The Kier molecular flexibility index (Phi) is 9.34. The van der Waals surface area contributed by atoms with Crippen LogP contribution in [-0.2, 0) is 21.9 Å². The third kappa shape index (κ3) is 6.88. The number of rotatable bonds is 11. The lowest BCUT2D eigenvalue weighted by Crippen LogP contribution is -2.49. The minimum absolute atomic E-state index is 0.0431. The number of nitro groups is 1. The molecule has 0 aromatic heterocycles. The number of likely N-dealkylation sites (N-methyl/N-ethyl adjacent to an activating group) is 1. The highest BCUT2D eigenvalue weighted by molar-refractivity contribution is 7.99. The number of hydrogen-bond acceptors (Lipinski definition) is 5. The first-order valence-electron chi connectivity index (χ1n) is 9.88. The first-order chi connectivity index (χ1) is 14.5. The van der Waals surface area contributed by atoms with Gasteiger partial charge < -0.3 is 10.2 Å². The molecule has 0 saturated carbocycles. The van der Waals surface area contributed by atoms with Gasteiger partial charge in [0.05, 0.1) is 10.7 Å². The molecule has 0 radical (unpaired) electrons. The van der Waals surface area contributed by atoms with E-state index >= 15 is 0 Å². The fourth-order valence-electron chi connectivity index (χ4n) is 3.04. The standard InChI is InChI=1S/C22H27N3O4S/c1-3-20(22(27)23-4-2)24(14-17-8-6-5-7-9-17)21(26)16-30-15-18-10-12-19(13-11-18)25(28)29/h5-13,20H,3-4,14-16H2,1-2H3,(H,23,27)/t20-/m1/s1. The van der Waals surface area contributed by atoms with Crippen LogP contribution in [0.1, 0.15) is 31.4 Å². The third-order valence-corrected chi connectivity index (χ3v) is 5.56. The van der Waals surface area contributed by atoms with Crippen molar-refractivity contribution in [3.05, 3.63) is 75.8 Å². The van der Waals surface area contributed by atoms with Crippen molar-refractivity contribution in [3.8, 4) is 0 Å². The predicted molar refractivity (Wildman–Crippen MR) is 119 cm³/mol. The molecule has 0 aliphatic heterocycles. The second-order valence-electron chi connectivity index (χ2n) is 6.74. The van der Waals surface area contributed by atoms with Crippen LogP contribution in [0.25, 0.3) is 0 Å². The molecule has 0 aliphatic rings. The van der Waals surface area contributed by atoms with Crippen LogP contribution in [0.4, 0.5) is 5.69 Å². The summed E-state index contributed by atoms with van der Waals surface area (Å²) in [6.07, 6.45) is 0.525. The van der Waals surface area contributed by atoms with Crippen molar-refractivity contribution in [1.29, 1.82) is 0 Å². The Morgan fingerprint density at radius 2 is 1.73 bits per heavy atom. The molecule has 1 N–H and O–H groups in total. The van der Waals surface area contributed by atoms with Crippen LogP contribution in [0.3, 0.4) is 0 Å². The summed E-state index contributed by atoms with van der Waals surface area (Å²) >= 11 is 1.43. The Morgan fingerprint density at radius 1 is 1.07 bits per heavy atom. The molecule has 0 unspecified atom stereocenters. The van der Waals surface area contributed by atoms with Crippen LogP contribution in [0.2, 0.25) is 0 Å². The maximum Gasteiger partial charge on any atom is 0.269 e. The van der Waals surface area contributed by atoms with E-state index in [0.717, 1.165) is 11.1 Å². The molecule has 0 fully saturated rings. The number of thioether (sulfide) groups is 1. The van der Waals surface area contributed by atoms with E-state index in [1.54, 1.807) is 17.0 Å². The smallest absolute Gasteiger partial charge is 0.269 e. The molecule has 8 heteroatoms. The summed E-state index contributed by atoms with van der Waals surface area (Å²) in [7, 11) is 0. The van der Waals surface area contributed by atoms with Crippen molar-refractivity contribution in [2.45, 2.75) is 38.6 Å². The fraction of sp³-hybridized carbons (Fsp3) is 0.364. The lowest BCUT2D eigenvalue weighted by molar-refractivity contribution is -0.384. The van der Waals surface area contributed by atoms with E-state index in [1.807, 2.05) is 44.2 Å². The van der Waals surface area contributed by atoms with E-state index in [0.29, 0.717) is 25.3 Å². The first kappa shape index (κ1) is 23.4. The van der Waals surface area contributed by atoms with Crippen molar-refractivity contribution < 1.29 is 14.5 Å². The van der Waals surface area contributed by atoms with Crippen LogP contribution in [-0.4, -0.2) is 40.0 Å². The molecular formula is C22H27N3O4S. The minimum Gasteiger partial charge on any atom is -0.355 e. The Hall–Kier alpha value is -2.87. The van der Waals surface area contributed by atoms with Gasteiger partial charge in [0.15, 0.2) is 0 Å². The first-order valence-corrected chi connectivity index (χ1v) is 11.0. The predicted octanol–water partition coefficient (Wildman–Crippen LogP) is 3.77. The van der Waals surface area contributed by atoms with Gasteiger partial charge in [0, 0.05) is 31.0 Å². The van der Waals surface area contributed by atoms with Crippen molar-refractivity contribution in [2.75, 3.05) is 12.3 Å². The molecule has 7 nitrogen and oxygen atoms in total. The van der Waals surface area contributed by atoms with Gasteiger partial charge in [0.1, 0.15) is 6.04 Å². The van der Waals surface area contributed by atoms with Gasteiger partial charge in [-0.25, -0.2) is 0 Å². The van der Waals surface area contributed by atoms with Gasteiger partial charge in [-0.15, -0.1) is 11.8 Å². The largest absolute Gasteiger partial charge is 0.355 e. The van der Waals surface area contributed by atoms with Crippen LogP contribution >= 0.6 is 11.8 Å². The number of benzene rings is 2. The van der Waals surface area contributed by atoms with Crippen molar-refractivity contribution in [1.82, 2.24) is 10.2 Å². The molecule has 1 atom stereocenters. The third-order valence-electron chi connectivity index (χ3n) is 4.57. The quantitative estimate of drug-likeness (QED) is 0.434. The lowest BCUT2D eigenvalue weighted by atomic mass is 10.1. The number of nitro benzene ring substituents is 1. The number of nitrogens with one attached hydrogen (secondary N) is 1. The van der Waals surface area contributed by atoms with E-state index in [1.165, 1.54) is 23.9 Å². The SMILES string of the molecule is CCNC(=O)[C@@H](CC)N(Cc1ccccc1)C(=O)CSCc1ccc([N+](=O)[O-])cc1. The molecule has 0 aliphatic carbocycles. The molecule has 0 saturated heterocycles. The maximum atomic E-state index is 13.0. The van der Waals surface area contributed by atoms with E-state index in [9.17, 15) is 19.7 Å². The second-order valence-corrected chi connectivity index (χ2v) is 7.73. The minimum atomic E-state index is -0.530. The zero-order valence-electron chi connectivity index (χ0n) is 17.2. The van der Waals surface area contributed by atoms with Crippen molar-refractivity contribution in [2.24, 2.45) is 0 Å². The number of carbonyl (C=O) groups is 2. The van der Waals surface area contributed by atoms with Crippen molar-refractivity contribution >= 4 is 29.3 Å². The lowest BCUT2D eigenvalue weighted by Gasteiger charge is -2.30. The Labute approximate surface area is 181 Å². The number of nitrogens with zero attached hydrogens (tertiary/aromatic N) is 2. The monoisotopic (exact) mass is 429 g/mol. The Bertz CT molecular complexity index is 843. The van der Waals surface area contributed by atoms with E-state index in [4.69, 9.17) is 0 Å². The van der Waals surface area contributed by atoms with Crippen LogP contribution in [0.15, 0.2) is 54.6 Å². The number of amides is 2. The van der Waals surface area contributed by atoms with Gasteiger partial charge in [-0.3, -0.25) is 19.7 Å². The summed E-state index contributed by atoms with van der Waals surface area (Å²) < 4.78 is 0. The van der Waals surface area contributed by atoms with Gasteiger partial charge >= 0.3 is 0 Å². The van der Waals surface area contributed by atoms with Crippen LogP contribution in [0, 0.1) is 10.1 Å². The van der Waals surface area contributed by atoms with Crippen LogP contribution in [0.5, 0.6) is 0 Å². The molecule has 2 aromatic rings. The van der Waals surface area contributed by atoms with Gasteiger partial charge in [0.25, 0.3) is 5.69 Å². The molecule has 0 spiro atoms. The molecule has 30 heavy (non-hydrogen) atoms. The highest BCUT2D eigenvalue weighted by atomic mass is 32.2. The number of non-ortho nitro benzene ring substituents is 1. The zero-order chi connectivity index (χ0) is 21.9. The molecule has 2 aromatic carbocycles. The molecular weight excluding hydrogens is 402 g/mol. The normalized spacial score (nSPS) is 11.5. The topological polar surface area (TPSA) is 92.6 Å². The maximum absolute atomic E-state index is 13.0. The van der Waals surface area contributed by atoms with Gasteiger partial charge in [-0.2, -0.15) is 0 Å². The second kappa shape index (κ2) is 12.0. The molecule has 0 bridgehead atoms. The highest BCUT2D eigenvalue weighted by Gasteiger charge is 2.28. The van der Waals surface area contributed by atoms with Gasteiger partial charge in [0.2, 0.25) is 11.8 Å². The van der Waals surface area contributed by atoms with Crippen molar-refractivity contribution in [3.63, 3.8) is 0 Å². The number of hydrogen-bond donors (Lipinski definition) is 1.